The molecule has 0 fully saturated rings. The Labute approximate surface area is 147 Å². The highest BCUT2D eigenvalue weighted by Gasteiger charge is 2.11. The van der Waals surface area contributed by atoms with Gasteiger partial charge in [0, 0.05) is 28.9 Å². The van der Waals surface area contributed by atoms with E-state index in [0.717, 1.165) is 33.3 Å². The molecule has 0 radical (unpaired) electrons. The zero-order valence-electron chi connectivity index (χ0n) is 14.7. The number of nitrogens with zero attached hydrogens (tertiary/aromatic N) is 1. The molecule has 1 heterocycles. The molecule has 0 bridgehead atoms. The number of nitrogens with one attached hydrogen (secondary N) is 1. The minimum atomic E-state index is -0.180. The van der Waals surface area contributed by atoms with Gasteiger partial charge in [-0.25, -0.2) is 0 Å². The van der Waals surface area contributed by atoms with Gasteiger partial charge in [0.15, 0.2) is 6.61 Å². The van der Waals surface area contributed by atoms with Gasteiger partial charge >= 0.3 is 0 Å². The van der Waals surface area contributed by atoms with Gasteiger partial charge in [0.1, 0.15) is 5.75 Å². The van der Waals surface area contributed by atoms with Crippen LogP contribution in [0.2, 0.25) is 0 Å². The third-order valence-corrected chi connectivity index (χ3v) is 4.10. The molecule has 25 heavy (non-hydrogen) atoms. The van der Waals surface area contributed by atoms with Crippen molar-refractivity contribution in [3.8, 4) is 5.75 Å². The largest absolute Gasteiger partial charge is 0.483 e. The van der Waals surface area contributed by atoms with Gasteiger partial charge in [-0.2, -0.15) is 0 Å². The zero-order valence-corrected chi connectivity index (χ0v) is 14.7. The lowest BCUT2D eigenvalue weighted by atomic mass is 10.0. The Hall–Kier alpha value is -2.88. The smallest absolute Gasteiger partial charge is 0.262 e. The van der Waals surface area contributed by atoms with E-state index in [1.165, 1.54) is 0 Å². The zero-order chi connectivity index (χ0) is 17.8. The summed E-state index contributed by atoms with van der Waals surface area (Å²) in [5.41, 5.74) is 2.98. The fourth-order valence-corrected chi connectivity index (χ4v) is 2.80. The summed E-state index contributed by atoms with van der Waals surface area (Å²) in [5.74, 6) is 0.928. The summed E-state index contributed by atoms with van der Waals surface area (Å²) >= 11 is 0. The molecule has 0 atom stereocenters. The maximum atomic E-state index is 12.3. The Morgan fingerprint density at radius 1 is 1.20 bits per heavy atom. The summed E-state index contributed by atoms with van der Waals surface area (Å²) in [6.07, 6.45) is 3.50. The molecule has 128 valence electrons. The average Bonchev–Trinajstić information content (AvgIpc) is 2.60. The first-order valence-electron chi connectivity index (χ1n) is 8.40. The SMILES string of the molecule is Cc1ccc(C(C)C)c(OCC(=O)Nc2cccc3cnccc23)c1. The van der Waals surface area contributed by atoms with Crippen molar-refractivity contribution in [2.75, 3.05) is 11.9 Å². The summed E-state index contributed by atoms with van der Waals surface area (Å²) in [7, 11) is 0. The lowest BCUT2D eigenvalue weighted by Crippen LogP contribution is -2.20. The van der Waals surface area contributed by atoms with Crippen molar-refractivity contribution >= 4 is 22.4 Å². The van der Waals surface area contributed by atoms with E-state index in [9.17, 15) is 4.79 Å². The molecule has 0 saturated heterocycles. The van der Waals surface area contributed by atoms with Crippen LogP contribution in [-0.4, -0.2) is 17.5 Å². The summed E-state index contributed by atoms with van der Waals surface area (Å²) in [6.45, 7) is 6.22. The number of hydrogen-bond acceptors (Lipinski definition) is 3. The quantitative estimate of drug-likeness (QED) is 0.737. The van der Waals surface area contributed by atoms with Crippen LogP contribution >= 0.6 is 0 Å². The van der Waals surface area contributed by atoms with E-state index in [1.807, 2.05) is 37.3 Å². The van der Waals surface area contributed by atoms with Crippen molar-refractivity contribution in [3.63, 3.8) is 0 Å². The molecule has 0 aliphatic rings. The summed E-state index contributed by atoms with van der Waals surface area (Å²) in [5, 5.41) is 4.88. The lowest BCUT2D eigenvalue weighted by molar-refractivity contribution is -0.118. The molecule has 0 spiro atoms. The van der Waals surface area contributed by atoms with Gasteiger partial charge in [0.25, 0.3) is 5.91 Å². The fraction of sp³-hybridized carbons (Fsp3) is 0.238. The Kier molecular flexibility index (Phi) is 4.98. The number of aromatic nitrogens is 1. The van der Waals surface area contributed by atoms with Crippen molar-refractivity contribution in [2.45, 2.75) is 26.7 Å². The number of carbonyl (C=O) groups is 1. The normalized spacial score (nSPS) is 10.9. The number of amides is 1. The minimum Gasteiger partial charge on any atom is -0.483 e. The maximum Gasteiger partial charge on any atom is 0.262 e. The maximum absolute atomic E-state index is 12.3. The molecule has 0 unspecified atom stereocenters. The third kappa shape index (κ3) is 3.97. The van der Waals surface area contributed by atoms with Crippen molar-refractivity contribution in [1.82, 2.24) is 4.98 Å². The Bertz CT molecular complexity index is 898. The number of fused-ring (bicyclic) bond motifs is 1. The second-order valence-electron chi connectivity index (χ2n) is 6.44. The van der Waals surface area contributed by atoms with E-state index in [2.05, 4.69) is 36.3 Å². The fourth-order valence-electron chi connectivity index (χ4n) is 2.80. The highest BCUT2D eigenvalue weighted by molar-refractivity contribution is 6.02. The standard InChI is InChI=1S/C21H22N2O2/c1-14(2)17-8-7-15(3)11-20(17)25-13-21(24)23-19-6-4-5-16-12-22-10-9-18(16)19/h4-12,14H,13H2,1-3H3,(H,23,24). The molecule has 1 N–H and O–H groups in total. The predicted octanol–water partition coefficient (Wildman–Crippen LogP) is 4.68. The van der Waals surface area contributed by atoms with E-state index in [0.29, 0.717) is 5.92 Å². The molecule has 2 aromatic carbocycles. The number of carbonyl (C=O) groups excluding carboxylic acids is 1. The van der Waals surface area contributed by atoms with Crippen LogP contribution in [0, 0.1) is 6.92 Å². The van der Waals surface area contributed by atoms with Crippen LogP contribution in [0.3, 0.4) is 0 Å². The van der Waals surface area contributed by atoms with E-state index < -0.39 is 0 Å². The second kappa shape index (κ2) is 7.34. The first-order valence-corrected chi connectivity index (χ1v) is 8.40. The van der Waals surface area contributed by atoms with Crippen LogP contribution in [0.25, 0.3) is 10.8 Å². The second-order valence-corrected chi connectivity index (χ2v) is 6.44. The first kappa shape index (κ1) is 17.0. The Morgan fingerprint density at radius 3 is 2.84 bits per heavy atom. The molecule has 0 aliphatic carbocycles. The van der Waals surface area contributed by atoms with Crippen LogP contribution < -0.4 is 10.1 Å². The van der Waals surface area contributed by atoms with Crippen LogP contribution in [0.5, 0.6) is 5.75 Å². The highest BCUT2D eigenvalue weighted by Crippen LogP contribution is 2.27. The average molecular weight is 334 g/mol. The van der Waals surface area contributed by atoms with E-state index in [-0.39, 0.29) is 12.5 Å². The molecule has 0 saturated carbocycles. The third-order valence-electron chi connectivity index (χ3n) is 4.10. The first-order chi connectivity index (χ1) is 12.0. The summed E-state index contributed by atoms with van der Waals surface area (Å²) < 4.78 is 5.80. The number of benzene rings is 2. The topological polar surface area (TPSA) is 51.2 Å². The number of aryl methyl sites for hydroxylation is 1. The number of ether oxygens (including phenoxy) is 1. The Balaban J connectivity index is 1.72. The molecule has 4 nitrogen and oxygen atoms in total. The Morgan fingerprint density at radius 2 is 2.04 bits per heavy atom. The monoisotopic (exact) mass is 334 g/mol. The molecular formula is C21H22N2O2. The van der Waals surface area contributed by atoms with E-state index in [1.54, 1.807) is 12.4 Å². The van der Waals surface area contributed by atoms with Crippen LogP contribution in [0.4, 0.5) is 5.69 Å². The van der Waals surface area contributed by atoms with E-state index in [4.69, 9.17) is 4.74 Å². The van der Waals surface area contributed by atoms with Gasteiger partial charge < -0.3 is 10.1 Å². The summed E-state index contributed by atoms with van der Waals surface area (Å²) in [6, 6.07) is 13.7. The number of anilines is 1. The van der Waals surface area contributed by atoms with Crippen molar-refractivity contribution in [2.24, 2.45) is 0 Å². The number of pyridine rings is 1. The predicted molar refractivity (Wildman–Crippen MR) is 101 cm³/mol. The molecule has 1 amide bonds. The van der Waals surface area contributed by atoms with Gasteiger partial charge in [0.2, 0.25) is 0 Å². The van der Waals surface area contributed by atoms with Crippen LogP contribution in [-0.2, 0) is 4.79 Å². The molecule has 3 aromatic rings. The van der Waals surface area contributed by atoms with Crippen molar-refractivity contribution < 1.29 is 9.53 Å². The highest BCUT2D eigenvalue weighted by atomic mass is 16.5. The summed E-state index contributed by atoms with van der Waals surface area (Å²) in [4.78, 5) is 16.4. The molecule has 3 rings (SSSR count). The lowest BCUT2D eigenvalue weighted by Gasteiger charge is -2.15. The van der Waals surface area contributed by atoms with Gasteiger partial charge in [-0.05, 0) is 42.2 Å². The minimum absolute atomic E-state index is 0.0232. The van der Waals surface area contributed by atoms with Gasteiger partial charge in [-0.15, -0.1) is 0 Å². The van der Waals surface area contributed by atoms with Crippen molar-refractivity contribution in [1.29, 1.82) is 0 Å². The van der Waals surface area contributed by atoms with Crippen molar-refractivity contribution in [3.05, 3.63) is 66.0 Å². The molecule has 4 heteroatoms. The van der Waals surface area contributed by atoms with Gasteiger partial charge in [-0.3, -0.25) is 9.78 Å². The molecule has 0 aliphatic heterocycles. The number of hydrogen-bond donors (Lipinski definition) is 1. The number of rotatable bonds is 5. The molecular weight excluding hydrogens is 312 g/mol. The van der Waals surface area contributed by atoms with Crippen LogP contribution in [0.15, 0.2) is 54.9 Å². The van der Waals surface area contributed by atoms with E-state index >= 15 is 0 Å². The van der Waals surface area contributed by atoms with Crippen LogP contribution in [0.1, 0.15) is 30.9 Å². The van der Waals surface area contributed by atoms with Gasteiger partial charge in [0.05, 0.1) is 0 Å². The molecule has 1 aromatic heterocycles. The van der Waals surface area contributed by atoms with Gasteiger partial charge in [-0.1, -0.05) is 38.1 Å².